The molecule has 0 unspecified atom stereocenters. The maximum atomic E-state index is 13.7. The van der Waals surface area contributed by atoms with Gasteiger partial charge in [0.2, 0.25) is 0 Å². The summed E-state index contributed by atoms with van der Waals surface area (Å²) in [5, 5.41) is 2.89. The van der Waals surface area contributed by atoms with Gasteiger partial charge < -0.3 is 11.1 Å². The maximum Gasteiger partial charge on any atom is 0.268 e. The van der Waals surface area contributed by atoms with Gasteiger partial charge in [-0.15, -0.1) is 0 Å². The monoisotopic (exact) mass is 258 g/mol. The SMILES string of the molecule is Cc1cc(N)c(NCC2CCC2)c(C(F)F)c1F. The molecule has 1 aliphatic carbocycles. The van der Waals surface area contributed by atoms with Gasteiger partial charge in [0.1, 0.15) is 5.82 Å². The lowest BCUT2D eigenvalue weighted by molar-refractivity contribution is 0.147. The van der Waals surface area contributed by atoms with Gasteiger partial charge in [0.25, 0.3) is 6.43 Å². The molecule has 0 spiro atoms. The molecule has 0 saturated heterocycles. The standard InChI is InChI=1S/C13H17F3N2/c1-7-5-9(17)12(10(11(7)14)13(15)16)18-6-8-3-2-4-8/h5,8,13,18H,2-4,6,17H2,1H3. The van der Waals surface area contributed by atoms with Crippen LogP contribution in [0.15, 0.2) is 6.07 Å². The molecule has 1 aromatic carbocycles. The van der Waals surface area contributed by atoms with Crippen molar-refractivity contribution in [3.8, 4) is 0 Å². The Hall–Kier alpha value is -1.39. The van der Waals surface area contributed by atoms with E-state index in [1.54, 1.807) is 0 Å². The third kappa shape index (κ3) is 2.40. The highest BCUT2D eigenvalue weighted by molar-refractivity contribution is 5.72. The van der Waals surface area contributed by atoms with Crippen LogP contribution >= 0.6 is 0 Å². The molecule has 3 N–H and O–H groups in total. The van der Waals surface area contributed by atoms with Crippen molar-refractivity contribution in [1.29, 1.82) is 0 Å². The zero-order valence-electron chi connectivity index (χ0n) is 10.3. The van der Waals surface area contributed by atoms with E-state index in [0.29, 0.717) is 12.5 Å². The second-order valence-corrected chi connectivity index (χ2v) is 4.86. The predicted molar refractivity (Wildman–Crippen MR) is 66.3 cm³/mol. The molecule has 100 valence electrons. The van der Waals surface area contributed by atoms with Crippen molar-refractivity contribution in [3.63, 3.8) is 0 Å². The van der Waals surface area contributed by atoms with Crippen LogP contribution in [0, 0.1) is 18.7 Å². The lowest BCUT2D eigenvalue weighted by atomic mass is 9.85. The van der Waals surface area contributed by atoms with E-state index in [1.807, 2.05) is 0 Å². The molecule has 0 aliphatic heterocycles. The van der Waals surface area contributed by atoms with Crippen LogP contribution in [0.2, 0.25) is 0 Å². The number of rotatable bonds is 4. The van der Waals surface area contributed by atoms with E-state index in [0.717, 1.165) is 12.8 Å². The number of halogens is 3. The Morgan fingerprint density at radius 2 is 2.11 bits per heavy atom. The summed E-state index contributed by atoms with van der Waals surface area (Å²) < 4.78 is 39.6. The molecule has 0 radical (unpaired) electrons. The predicted octanol–water partition coefficient (Wildman–Crippen LogP) is 3.87. The van der Waals surface area contributed by atoms with Crippen LogP contribution in [0.3, 0.4) is 0 Å². The van der Waals surface area contributed by atoms with Gasteiger partial charge in [-0.25, -0.2) is 13.2 Å². The smallest absolute Gasteiger partial charge is 0.268 e. The summed E-state index contributed by atoms with van der Waals surface area (Å²) in [5.74, 6) is -0.380. The summed E-state index contributed by atoms with van der Waals surface area (Å²) in [4.78, 5) is 0. The van der Waals surface area contributed by atoms with Crippen molar-refractivity contribution in [2.45, 2.75) is 32.6 Å². The largest absolute Gasteiger partial charge is 0.397 e. The molecule has 18 heavy (non-hydrogen) atoms. The summed E-state index contributed by atoms with van der Waals surface area (Å²) >= 11 is 0. The second-order valence-electron chi connectivity index (χ2n) is 4.86. The zero-order chi connectivity index (χ0) is 13.3. The van der Waals surface area contributed by atoms with Crippen LogP contribution in [0.5, 0.6) is 0 Å². The quantitative estimate of drug-likeness (QED) is 0.805. The fourth-order valence-corrected chi connectivity index (χ4v) is 2.19. The van der Waals surface area contributed by atoms with E-state index in [-0.39, 0.29) is 16.9 Å². The van der Waals surface area contributed by atoms with Crippen LogP contribution < -0.4 is 11.1 Å². The lowest BCUT2D eigenvalue weighted by Gasteiger charge is -2.27. The molecule has 2 rings (SSSR count). The minimum absolute atomic E-state index is 0.0556. The summed E-state index contributed by atoms with van der Waals surface area (Å²) in [7, 11) is 0. The molecule has 1 fully saturated rings. The number of aryl methyl sites for hydroxylation is 1. The Balaban J connectivity index is 2.28. The number of benzene rings is 1. The molecular weight excluding hydrogens is 241 g/mol. The van der Waals surface area contributed by atoms with Crippen molar-refractivity contribution < 1.29 is 13.2 Å². The Bertz CT molecular complexity index is 442. The normalized spacial score (nSPS) is 15.8. The summed E-state index contributed by atoms with van der Waals surface area (Å²) in [5.41, 5.74) is 5.50. The van der Waals surface area contributed by atoms with Gasteiger partial charge in [-0.3, -0.25) is 0 Å². The molecule has 1 aliphatic rings. The van der Waals surface area contributed by atoms with E-state index in [9.17, 15) is 13.2 Å². The lowest BCUT2D eigenvalue weighted by Crippen LogP contribution is -2.22. The van der Waals surface area contributed by atoms with Crippen LogP contribution in [0.4, 0.5) is 24.5 Å². The van der Waals surface area contributed by atoms with Gasteiger partial charge in [-0.05, 0) is 37.3 Å². The average molecular weight is 258 g/mol. The topological polar surface area (TPSA) is 38.0 Å². The van der Waals surface area contributed by atoms with E-state index in [2.05, 4.69) is 5.32 Å². The van der Waals surface area contributed by atoms with E-state index in [4.69, 9.17) is 5.73 Å². The first-order valence-electron chi connectivity index (χ1n) is 6.11. The molecule has 0 amide bonds. The number of hydrogen-bond donors (Lipinski definition) is 2. The maximum absolute atomic E-state index is 13.7. The minimum atomic E-state index is -2.86. The molecule has 1 aromatic rings. The third-order valence-corrected chi connectivity index (χ3v) is 3.52. The van der Waals surface area contributed by atoms with E-state index >= 15 is 0 Å². The van der Waals surface area contributed by atoms with Gasteiger partial charge in [-0.2, -0.15) is 0 Å². The van der Waals surface area contributed by atoms with Crippen molar-refractivity contribution in [2.75, 3.05) is 17.6 Å². The Morgan fingerprint density at radius 3 is 2.61 bits per heavy atom. The number of nitrogens with two attached hydrogens (primary N) is 1. The summed E-state index contributed by atoms with van der Waals surface area (Å²) in [6.07, 6.45) is 0.485. The first-order chi connectivity index (χ1) is 8.50. The molecule has 2 nitrogen and oxygen atoms in total. The highest BCUT2D eigenvalue weighted by Gasteiger charge is 2.24. The van der Waals surface area contributed by atoms with Crippen molar-refractivity contribution in [2.24, 2.45) is 5.92 Å². The van der Waals surface area contributed by atoms with Crippen LogP contribution in [0.1, 0.15) is 36.8 Å². The molecule has 5 heteroatoms. The van der Waals surface area contributed by atoms with Crippen LogP contribution in [-0.4, -0.2) is 6.54 Å². The number of anilines is 2. The molecule has 0 aromatic heterocycles. The average Bonchev–Trinajstić information content (AvgIpc) is 2.22. The Morgan fingerprint density at radius 1 is 1.44 bits per heavy atom. The van der Waals surface area contributed by atoms with Gasteiger partial charge >= 0.3 is 0 Å². The number of nitrogen functional groups attached to an aromatic ring is 1. The molecule has 0 atom stereocenters. The number of hydrogen-bond acceptors (Lipinski definition) is 2. The van der Waals surface area contributed by atoms with Gasteiger partial charge in [-0.1, -0.05) is 6.42 Å². The minimum Gasteiger partial charge on any atom is -0.397 e. The fourth-order valence-electron chi connectivity index (χ4n) is 2.19. The third-order valence-electron chi connectivity index (χ3n) is 3.52. The van der Waals surface area contributed by atoms with Crippen molar-refractivity contribution in [3.05, 3.63) is 23.0 Å². The van der Waals surface area contributed by atoms with E-state index in [1.165, 1.54) is 19.4 Å². The number of nitrogens with one attached hydrogen (secondary N) is 1. The summed E-state index contributed by atoms with van der Waals surface area (Å²) in [6.45, 7) is 2.01. The Labute approximate surface area is 104 Å². The first-order valence-corrected chi connectivity index (χ1v) is 6.11. The first kappa shape index (κ1) is 13.1. The molecule has 1 saturated carbocycles. The van der Waals surface area contributed by atoms with Crippen molar-refractivity contribution >= 4 is 11.4 Å². The number of alkyl halides is 2. The van der Waals surface area contributed by atoms with Gasteiger partial charge in [0, 0.05) is 6.54 Å². The zero-order valence-corrected chi connectivity index (χ0v) is 10.3. The molecule has 0 bridgehead atoms. The van der Waals surface area contributed by atoms with Crippen LogP contribution in [-0.2, 0) is 0 Å². The summed E-state index contributed by atoms with van der Waals surface area (Å²) in [6, 6.07) is 1.39. The van der Waals surface area contributed by atoms with E-state index < -0.39 is 17.8 Å². The van der Waals surface area contributed by atoms with Gasteiger partial charge in [0.15, 0.2) is 0 Å². The second kappa shape index (κ2) is 5.08. The van der Waals surface area contributed by atoms with Crippen LogP contribution in [0.25, 0.3) is 0 Å². The molecular formula is C13H17F3N2. The van der Waals surface area contributed by atoms with Gasteiger partial charge in [0.05, 0.1) is 16.9 Å². The highest BCUT2D eigenvalue weighted by Crippen LogP contribution is 2.37. The van der Waals surface area contributed by atoms with Crippen molar-refractivity contribution in [1.82, 2.24) is 0 Å². The Kier molecular flexibility index (Phi) is 3.68. The fraction of sp³-hybridized carbons (Fsp3) is 0.538. The molecule has 0 heterocycles. The highest BCUT2D eigenvalue weighted by atomic mass is 19.3.